The van der Waals surface area contributed by atoms with Gasteiger partial charge in [-0.25, -0.2) is 0 Å². The molecule has 10 atom stereocenters. The number of anilines is 1. The fourth-order valence-corrected chi connectivity index (χ4v) is 8.49. The number of hydrogen-bond donors (Lipinski definition) is 0. The minimum absolute atomic E-state index is 0.122. The molecule has 7 rings (SSSR count). The van der Waals surface area contributed by atoms with Gasteiger partial charge in [0.2, 0.25) is 0 Å². The minimum Gasteiger partial charge on any atom is -0.461 e. The molecule has 6 nitrogen and oxygen atoms in total. The second-order valence-corrected chi connectivity index (χ2v) is 9.98. The van der Waals surface area contributed by atoms with E-state index in [-0.39, 0.29) is 35.7 Å². The quantitative estimate of drug-likeness (QED) is 0.714. The molecule has 1 aliphatic carbocycles. The summed E-state index contributed by atoms with van der Waals surface area (Å²) in [6.07, 6.45) is 2.72. The molecule has 1 saturated carbocycles. The van der Waals surface area contributed by atoms with Gasteiger partial charge in [-0.05, 0) is 36.8 Å². The Balaban J connectivity index is 1.56. The van der Waals surface area contributed by atoms with Crippen molar-refractivity contribution in [1.82, 2.24) is 4.90 Å². The Morgan fingerprint density at radius 3 is 2.57 bits per heavy atom. The van der Waals surface area contributed by atoms with E-state index in [9.17, 15) is 9.59 Å². The molecule has 0 aromatic heterocycles. The second kappa shape index (κ2) is 6.00. The molecule has 0 amide bonds. The Morgan fingerprint density at radius 1 is 1.13 bits per heavy atom. The molecule has 1 aromatic carbocycles. The summed E-state index contributed by atoms with van der Waals surface area (Å²) >= 11 is 0. The van der Waals surface area contributed by atoms with Crippen molar-refractivity contribution in [3.8, 4) is 0 Å². The number of benzene rings is 1. The molecule has 0 N–H and O–H groups in total. The number of fused-ring (bicyclic) bond motifs is 2. The van der Waals surface area contributed by atoms with E-state index in [1.165, 1.54) is 18.2 Å². The number of nitrogens with zero attached hydrogens (tertiary/aromatic N) is 2. The third-order valence-electron chi connectivity index (χ3n) is 8.98. The zero-order chi connectivity index (χ0) is 20.9. The van der Waals surface area contributed by atoms with Crippen LogP contribution in [0.1, 0.15) is 45.6 Å². The number of carbonyl (C=O) groups excluding carboxylic acids is 2. The molecule has 160 valence electrons. The summed E-state index contributed by atoms with van der Waals surface area (Å²) in [7, 11) is 2.18. The normalized spacial score (nSPS) is 46.5. The summed E-state index contributed by atoms with van der Waals surface area (Å²) in [5.41, 5.74) is 2.41. The summed E-state index contributed by atoms with van der Waals surface area (Å²) < 4.78 is 12.2. The highest BCUT2D eigenvalue weighted by atomic mass is 16.6. The average molecular weight is 411 g/mol. The Morgan fingerprint density at radius 2 is 1.87 bits per heavy atom. The van der Waals surface area contributed by atoms with Gasteiger partial charge < -0.3 is 14.4 Å². The molecular formula is C24H30N2O4. The summed E-state index contributed by atoms with van der Waals surface area (Å²) in [6.45, 7) is 5.26. The lowest BCUT2D eigenvalue weighted by molar-refractivity contribution is -0.228. The standard InChI is InChI=1S/C24H30N2O4/c1-5-14-15-10-18-21-24(16-8-6-7-9-17(16)25(21)4)11-19(20(15)22(24)29-12(2)27)26(18)23(14)30-13(3)28/h6-9,14-15,18-23H,5,10-11H2,1-4H3/t14-,15-,18-,19-,20+,21+,22-,23+,24?/m0/s1. The van der Waals surface area contributed by atoms with Crippen LogP contribution in [0.2, 0.25) is 0 Å². The highest BCUT2D eigenvalue weighted by Crippen LogP contribution is 2.69. The number of rotatable bonds is 3. The van der Waals surface area contributed by atoms with Crippen molar-refractivity contribution < 1.29 is 19.1 Å². The van der Waals surface area contributed by atoms with Crippen molar-refractivity contribution >= 4 is 17.6 Å². The van der Waals surface area contributed by atoms with Gasteiger partial charge in [-0.1, -0.05) is 25.1 Å². The van der Waals surface area contributed by atoms with Gasteiger partial charge in [0.05, 0.1) is 11.5 Å². The first-order valence-corrected chi connectivity index (χ1v) is 11.3. The van der Waals surface area contributed by atoms with Gasteiger partial charge in [0.15, 0.2) is 6.23 Å². The predicted molar refractivity (Wildman–Crippen MR) is 111 cm³/mol. The molecule has 6 heteroatoms. The Kier molecular flexibility index (Phi) is 3.73. The maximum atomic E-state index is 12.3. The van der Waals surface area contributed by atoms with Crippen LogP contribution in [0, 0.1) is 17.8 Å². The summed E-state index contributed by atoms with van der Waals surface area (Å²) in [5, 5.41) is 0. The van der Waals surface area contributed by atoms with Gasteiger partial charge >= 0.3 is 11.9 Å². The van der Waals surface area contributed by atoms with E-state index < -0.39 is 0 Å². The lowest BCUT2D eigenvalue weighted by Gasteiger charge is -2.62. The first kappa shape index (κ1) is 18.7. The molecule has 4 saturated heterocycles. The third kappa shape index (κ3) is 1.99. The zero-order valence-electron chi connectivity index (χ0n) is 18.1. The van der Waals surface area contributed by atoms with Crippen LogP contribution in [0.5, 0.6) is 0 Å². The maximum Gasteiger partial charge on any atom is 0.304 e. The number of hydrogen-bond acceptors (Lipinski definition) is 6. The van der Waals surface area contributed by atoms with Gasteiger partial charge in [-0.3, -0.25) is 14.5 Å². The third-order valence-corrected chi connectivity index (χ3v) is 8.98. The van der Waals surface area contributed by atoms with Crippen molar-refractivity contribution in [2.45, 2.75) is 75.9 Å². The molecule has 5 heterocycles. The highest BCUT2D eigenvalue weighted by molar-refractivity contribution is 5.70. The lowest BCUT2D eigenvalue weighted by atomic mass is 9.62. The van der Waals surface area contributed by atoms with E-state index in [1.54, 1.807) is 6.92 Å². The molecule has 1 aromatic rings. The van der Waals surface area contributed by atoms with Crippen LogP contribution >= 0.6 is 0 Å². The van der Waals surface area contributed by atoms with E-state index in [0.29, 0.717) is 29.8 Å². The number of piperidine rings is 4. The number of para-hydroxylation sites is 1. The molecule has 5 bridgehead atoms. The largest absolute Gasteiger partial charge is 0.461 e. The molecule has 5 aliphatic heterocycles. The first-order chi connectivity index (χ1) is 14.4. The summed E-state index contributed by atoms with van der Waals surface area (Å²) in [5.74, 6) is 0.608. The van der Waals surface area contributed by atoms with Crippen molar-refractivity contribution in [3.63, 3.8) is 0 Å². The van der Waals surface area contributed by atoms with Crippen LogP contribution in [0.15, 0.2) is 24.3 Å². The van der Waals surface area contributed by atoms with Gasteiger partial charge in [-0.15, -0.1) is 0 Å². The molecule has 30 heavy (non-hydrogen) atoms. The minimum atomic E-state index is -0.203. The fraction of sp³-hybridized carbons (Fsp3) is 0.667. The smallest absolute Gasteiger partial charge is 0.304 e. The van der Waals surface area contributed by atoms with E-state index in [4.69, 9.17) is 9.47 Å². The highest BCUT2D eigenvalue weighted by Gasteiger charge is 2.78. The average Bonchev–Trinajstić information content (AvgIpc) is 3.10. The van der Waals surface area contributed by atoms with Crippen LogP contribution in [0.3, 0.4) is 0 Å². The van der Waals surface area contributed by atoms with Crippen molar-refractivity contribution in [3.05, 3.63) is 29.8 Å². The predicted octanol–water partition coefficient (Wildman–Crippen LogP) is 2.70. The van der Waals surface area contributed by atoms with Gasteiger partial charge in [0.1, 0.15) is 6.10 Å². The van der Waals surface area contributed by atoms with E-state index in [2.05, 4.69) is 48.0 Å². The van der Waals surface area contributed by atoms with E-state index >= 15 is 0 Å². The SMILES string of the molecule is CC[C@H]1[C@@H]2C[C@H]3[C@H]4N(C)c5ccccc5C45C[C@@H]([C@@H]2[C@@H]5OC(C)=O)N3[C@@H]1OC(C)=O. The molecule has 1 spiro atoms. The Hall–Kier alpha value is -2.08. The Labute approximate surface area is 177 Å². The monoisotopic (exact) mass is 410 g/mol. The van der Waals surface area contributed by atoms with Crippen molar-refractivity contribution in [1.29, 1.82) is 0 Å². The zero-order valence-corrected chi connectivity index (χ0v) is 18.1. The molecular weight excluding hydrogens is 380 g/mol. The van der Waals surface area contributed by atoms with Crippen molar-refractivity contribution in [2.75, 3.05) is 11.9 Å². The number of ether oxygens (including phenoxy) is 2. The van der Waals surface area contributed by atoms with Crippen molar-refractivity contribution in [2.24, 2.45) is 17.8 Å². The van der Waals surface area contributed by atoms with Crippen LogP contribution < -0.4 is 4.90 Å². The Bertz CT molecular complexity index is 934. The lowest BCUT2D eigenvalue weighted by Crippen LogP contribution is -2.73. The fourth-order valence-electron chi connectivity index (χ4n) is 8.49. The summed E-state index contributed by atoms with van der Waals surface area (Å²) in [4.78, 5) is 29.2. The maximum absolute atomic E-state index is 12.3. The number of carbonyl (C=O) groups is 2. The number of likely N-dealkylation sites (N-methyl/N-ethyl adjacent to an activating group) is 1. The summed E-state index contributed by atoms with van der Waals surface area (Å²) in [6, 6.07) is 9.46. The molecule has 6 aliphatic rings. The van der Waals surface area contributed by atoms with Gasteiger partial charge in [0, 0.05) is 50.5 Å². The molecule has 0 radical (unpaired) electrons. The van der Waals surface area contributed by atoms with Crippen LogP contribution in [-0.2, 0) is 24.5 Å². The van der Waals surface area contributed by atoms with Gasteiger partial charge in [0.25, 0.3) is 0 Å². The van der Waals surface area contributed by atoms with E-state index in [0.717, 1.165) is 19.3 Å². The first-order valence-electron chi connectivity index (χ1n) is 11.3. The second-order valence-electron chi connectivity index (χ2n) is 9.98. The van der Waals surface area contributed by atoms with Crippen LogP contribution in [0.25, 0.3) is 0 Å². The van der Waals surface area contributed by atoms with Crippen LogP contribution in [-0.4, -0.2) is 54.3 Å². The molecule has 5 fully saturated rings. The van der Waals surface area contributed by atoms with Crippen LogP contribution in [0.4, 0.5) is 5.69 Å². The van der Waals surface area contributed by atoms with E-state index in [1.807, 2.05) is 0 Å². The number of esters is 2. The van der Waals surface area contributed by atoms with Gasteiger partial charge in [-0.2, -0.15) is 0 Å². The topological polar surface area (TPSA) is 59.1 Å². The molecule has 2 unspecified atom stereocenters.